The number of rotatable bonds is 13. The number of anilines is 1. The van der Waals surface area contributed by atoms with Crippen LogP contribution in [0.25, 0.3) is 0 Å². The molecule has 0 saturated heterocycles. The molecule has 2 aromatic carbocycles. The summed E-state index contributed by atoms with van der Waals surface area (Å²) in [5.41, 5.74) is 7.02. The van der Waals surface area contributed by atoms with Gasteiger partial charge in [-0.3, -0.25) is 9.78 Å². The first-order valence-electron chi connectivity index (χ1n) is 17.4. The molecule has 5 nitrogen and oxygen atoms in total. The van der Waals surface area contributed by atoms with Crippen molar-refractivity contribution in [3.8, 4) is 0 Å². The Morgan fingerprint density at radius 2 is 1.71 bits per heavy atom. The van der Waals surface area contributed by atoms with E-state index in [0.717, 1.165) is 41.2 Å². The first-order chi connectivity index (χ1) is 23.4. The van der Waals surface area contributed by atoms with Crippen molar-refractivity contribution in [2.24, 2.45) is 11.7 Å². The number of aromatic nitrogens is 1. The van der Waals surface area contributed by atoms with Gasteiger partial charge in [0.1, 0.15) is 11.4 Å². The number of nitrogens with zero attached hydrogens (tertiary/aromatic N) is 1. The third-order valence-electron chi connectivity index (χ3n) is 7.66. The number of aryl methyl sites for hydroxylation is 1. The minimum absolute atomic E-state index is 0.0666. The van der Waals surface area contributed by atoms with Crippen molar-refractivity contribution in [1.29, 1.82) is 0 Å². The predicted molar refractivity (Wildman–Crippen MR) is 193 cm³/mol. The number of hydrogen-bond donors (Lipinski definition) is 3. The number of nitrogens with two attached hydrogens (primary N) is 1. The second kappa shape index (κ2) is 22.0. The highest BCUT2D eigenvalue weighted by atomic mass is 19.4. The summed E-state index contributed by atoms with van der Waals surface area (Å²) in [6.07, 6.45) is 5.94. The van der Waals surface area contributed by atoms with E-state index < -0.39 is 17.4 Å². The maximum Gasteiger partial charge on any atom is 0.416 e. The van der Waals surface area contributed by atoms with E-state index in [4.69, 9.17) is 5.73 Å². The fraction of sp³-hybridized carbons (Fsp3) is 0.450. The normalized spacial score (nSPS) is 14.1. The molecule has 9 heteroatoms. The van der Waals surface area contributed by atoms with Crippen molar-refractivity contribution in [2.45, 2.75) is 112 Å². The van der Waals surface area contributed by atoms with E-state index in [1.54, 1.807) is 69.6 Å². The van der Waals surface area contributed by atoms with Crippen molar-refractivity contribution in [1.82, 2.24) is 4.98 Å². The number of ketones is 1. The van der Waals surface area contributed by atoms with Crippen LogP contribution in [-0.2, 0) is 16.9 Å². The minimum Gasteiger partial charge on any atom is -0.380 e. The van der Waals surface area contributed by atoms with E-state index in [-0.39, 0.29) is 30.1 Å². The van der Waals surface area contributed by atoms with Gasteiger partial charge in [0.05, 0.1) is 11.3 Å². The van der Waals surface area contributed by atoms with Gasteiger partial charge in [-0.05, 0) is 91.6 Å². The molecule has 1 aliphatic carbocycles. The van der Waals surface area contributed by atoms with Crippen LogP contribution in [0.2, 0.25) is 0 Å². The molecule has 1 aromatic heterocycles. The van der Waals surface area contributed by atoms with Crippen molar-refractivity contribution >= 4 is 11.5 Å². The van der Waals surface area contributed by atoms with E-state index in [1.807, 2.05) is 39.8 Å². The van der Waals surface area contributed by atoms with Gasteiger partial charge in [0.2, 0.25) is 0 Å². The second-order valence-electron chi connectivity index (χ2n) is 11.4. The van der Waals surface area contributed by atoms with Gasteiger partial charge < -0.3 is 16.2 Å². The summed E-state index contributed by atoms with van der Waals surface area (Å²) < 4.78 is 52.8. The lowest BCUT2D eigenvalue weighted by atomic mass is 9.82. The van der Waals surface area contributed by atoms with E-state index in [0.29, 0.717) is 30.6 Å². The lowest BCUT2D eigenvalue weighted by Gasteiger charge is -2.29. The fourth-order valence-corrected chi connectivity index (χ4v) is 4.90. The van der Waals surface area contributed by atoms with Gasteiger partial charge in [-0.25, -0.2) is 4.39 Å². The zero-order chi connectivity index (χ0) is 37.0. The Labute approximate surface area is 290 Å². The Balaban J connectivity index is 0.000000447. The second-order valence-corrected chi connectivity index (χ2v) is 11.4. The van der Waals surface area contributed by atoms with Gasteiger partial charge in [0.15, 0.2) is 5.78 Å². The standard InChI is InChI=1S/C18H23F3N2O.C18H20FNO.2C2H6/c1-3-6-14(18(19,20)21)11-16(17(24)7-4-2)23-15-9-5-8-13(10-15)12-22;1-13-11-15(6-7-17(13)19)18(21,9-8-14-4-5-14)16-3-2-10-20-12-16;2*1-2/h5-6,8-11,23H,3-4,7,12,22H2,1-2H3;2-3,6-7,10-12,14,21H,4-5,8-9H2,1H3;2*1-2H3/b14-6-,16-11-;;;. The maximum atomic E-state index is 13.5. The fourth-order valence-electron chi connectivity index (χ4n) is 4.90. The van der Waals surface area contributed by atoms with Crippen LogP contribution in [-0.4, -0.2) is 22.1 Å². The third kappa shape index (κ3) is 14.3. The average molecular weight is 686 g/mol. The molecule has 0 spiro atoms. The number of hydrogen-bond acceptors (Lipinski definition) is 5. The molecule has 0 bridgehead atoms. The molecule has 4 rings (SSSR count). The number of Topliss-reactive ketones (excluding diaryl/α,β-unsaturated/α-hetero) is 1. The number of aliphatic hydroxyl groups is 1. The highest BCUT2D eigenvalue weighted by Crippen LogP contribution is 2.41. The number of halogens is 4. The Morgan fingerprint density at radius 1 is 1.02 bits per heavy atom. The summed E-state index contributed by atoms with van der Waals surface area (Å²) >= 11 is 0. The first kappa shape index (κ1) is 43.2. The van der Waals surface area contributed by atoms with E-state index in [2.05, 4.69) is 10.3 Å². The molecule has 1 fully saturated rings. The zero-order valence-electron chi connectivity index (χ0n) is 30.1. The van der Waals surface area contributed by atoms with Gasteiger partial charge in [0, 0.05) is 36.6 Å². The molecule has 1 unspecified atom stereocenters. The van der Waals surface area contributed by atoms with Gasteiger partial charge in [0.25, 0.3) is 0 Å². The SMILES string of the molecule is CC.CC.CC/C=C(/C=C(\Nc1cccc(CN)c1)C(=O)CCC)C(F)(F)F.Cc1cc(C(O)(CCC2CC2)c2cccnc2)ccc1F. The Morgan fingerprint density at radius 3 is 2.24 bits per heavy atom. The van der Waals surface area contributed by atoms with E-state index >= 15 is 0 Å². The summed E-state index contributed by atoms with van der Waals surface area (Å²) in [6.45, 7) is 13.5. The van der Waals surface area contributed by atoms with Crippen molar-refractivity contribution in [2.75, 3.05) is 5.32 Å². The number of benzene rings is 2. The Bertz CT molecular complexity index is 1470. The molecule has 1 saturated carbocycles. The molecule has 0 amide bonds. The molecule has 0 radical (unpaired) electrons. The van der Waals surface area contributed by atoms with Crippen LogP contribution in [0.15, 0.2) is 90.4 Å². The van der Waals surface area contributed by atoms with E-state index in [1.165, 1.54) is 18.9 Å². The molecule has 1 heterocycles. The molecule has 49 heavy (non-hydrogen) atoms. The number of nitrogens with one attached hydrogen (secondary N) is 1. The van der Waals surface area contributed by atoms with Crippen LogP contribution in [0.5, 0.6) is 0 Å². The highest BCUT2D eigenvalue weighted by Gasteiger charge is 2.35. The minimum atomic E-state index is -4.51. The largest absolute Gasteiger partial charge is 0.416 e. The van der Waals surface area contributed by atoms with Crippen molar-refractivity contribution in [3.63, 3.8) is 0 Å². The number of allylic oxidation sites excluding steroid dienone is 4. The van der Waals surface area contributed by atoms with Crippen LogP contribution < -0.4 is 11.1 Å². The molecule has 1 atom stereocenters. The monoisotopic (exact) mass is 685 g/mol. The zero-order valence-corrected chi connectivity index (χ0v) is 30.1. The molecule has 4 N–H and O–H groups in total. The molecular weight excluding hydrogens is 630 g/mol. The molecule has 1 aliphatic rings. The third-order valence-corrected chi connectivity index (χ3v) is 7.66. The summed E-state index contributed by atoms with van der Waals surface area (Å²) in [5.74, 6) is 0.131. The predicted octanol–water partition coefficient (Wildman–Crippen LogP) is 10.7. The molecule has 0 aliphatic heterocycles. The average Bonchev–Trinajstić information content (AvgIpc) is 3.95. The lowest BCUT2D eigenvalue weighted by Crippen LogP contribution is -2.28. The number of pyridine rings is 1. The maximum absolute atomic E-state index is 13.5. The molecular formula is C40H55F4N3O2. The van der Waals surface area contributed by atoms with Gasteiger partial charge >= 0.3 is 6.18 Å². The first-order valence-corrected chi connectivity index (χ1v) is 17.4. The van der Waals surface area contributed by atoms with Crippen LogP contribution in [0.1, 0.15) is 109 Å². The number of carbonyl (C=O) groups is 1. The van der Waals surface area contributed by atoms with Crippen molar-refractivity contribution < 1.29 is 27.5 Å². The topological polar surface area (TPSA) is 88.2 Å². The van der Waals surface area contributed by atoms with Crippen LogP contribution in [0, 0.1) is 18.7 Å². The van der Waals surface area contributed by atoms with E-state index in [9.17, 15) is 27.5 Å². The lowest BCUT2D eigenvalue weighted by molar-refractivity contribution is -0.115. The van der Waals surface area contributed by atoms with Gasteiger partial charge in [-0.15, -0.1) is 0 Å². The van der Waals surface area contributed by atoms with Crippen LogP contribution >= 0.6 is 0 Å². The Kier molecular flexibility index (Phi) is 19.4. The van der Waals surface area contributed by atoms with Crippen LogP contribution in [0.4, 0.5) is 23.2 Å². The van der Waals surface area contributed by atoms with Crippen LogP contribution in [0.3, 0.4) is 0 Å². The quantitative estimate of drug-likeness (QED) is 0.0947. The molecule has 270 valence electrons. The molecule has 3 aromatic rings. The summed E-state index contributed by atoms with van der Waals surface area (Å²) in [7, 11) is 0. The van der Waals surface area contributed by atoms with Crippen molar-refractivity contribution in [3.05, 3.63) is 118 Å². The Hall–Kier alpha value is -3.82. The van der Waals surface area contributed by atoms with Gasteiger partial charge in [-0.1, -0.05) is 84.7 Å². The number of carbonyl (C=O) groups excluding carboxylic acids is 1. The summed E-state index contributed by atoms with van der Waals surface area (Å²) in [4.78, 5) is 16.3. The van der Waals surface area contributed by atoms with Gasteiger partial charge in [-0.2, -0.15) is 13.2 Å². The smallest absolute Gasteiger partial charge is 0.380 e. The number of alkyl halides is 3. The summed E-state index contributed by atoms with van der Waals surface area (Å²) in [6, 6.07) is 15.5. The summed E-state index contributed by atoms with van der Waals surface area (Å²) in [5, 5.41) is 14.1. The highest BCUT2D eigenvalue weighted by molar-refractivity contribution is 5.98.